The number of carbonyl (C=O) groups is 1. The van der Waals surface area contributed by atoms with Gasteiger partial charge in [-0.05, 0) is 54.3 Å². The number of hydrogen-bond donors (Lipinski definition) is 2. The van der Waals surface area contributed by atoms with E-state index < -0.39 is 5.54 Å². The summed E-state index contributed by atoms with van der Waals surface area (Å²) < 4.78 is 5.48. The van der Waals surface area contributed by atoms with Crippen LogP contribution >= 0.6 is 0 Å². The number of ether oxygens (including phenoxy) is 1. The SMILES string of the molecule is COc1cccc(C2(c3cccc(-c4ccccn4)c3)NC(=N)N(C3CCCCC3)C2=O)c1. The number of amides is 1. The molecule has 2 fully saturated rings. The van der Waals surface area contributed by atoms with Gasteiger partial charge in [-0.3, -0.25) is 20.1 Å². The van der Waals surface area contributed by atoms with Gasteiger partial charge in [0.15, 0.2) is 11.5 Å². The van der Waals surface area contributed by atoms with Crippen molar-refractivity contribution in [1.82, 2.24) is 15.2 Å². The van der Waals surface area contributed by atoms with Crippen LogP contribution in [0.3, 0.4) is 0 Å². The second kappa shape index (κ2) is 8.70. The highest BCUT2D eigenvalue weighted by Crippen LogP contribution is 2.40. The highest BCUT2D eigenvalue weighted by atomic mass is 16.5. The van der Waals surface area contributed by atoms with Crippen LogP contribution in [-0.2, 0) is 10.3 Å². The highest BCUT2D eigenvalue weighted by Gasteiger charge is 2.54. The quantitative estimate of drug-likeness (QED) is 0.603. The maximum absolute atomic E-state index is 14.3. The number of pyridine rings is 1. The Balaban J connectivity index is 1.66. The molecule has 5 rings (SSSR count). The molecule has 2 N–H and O–H groups in total. The monoisotopic (exact) mass is 440 g/mol. The summed E-state index contributed by atoms with van der Waals surface area (Å²) in [6.45, 7) is 0. The topological polar surface area (TPSA) is 78.3 Å². The minimum absolute atomic E-state index is 0.0534. The third-order valence-electron chi connectivity index (χ3n) is 6.79. The maximum Gasteiger partial charge on any atom is 0.264 e. The molecule has 33 heavy (non-hydrogen) atoms. The lowest BCUT2D eigenvalue weighted by Crippen LogP contribution is -2.46. The zero-order valence-electron chi connectivity index (χ0n) is 18.8. The van der Waals surface area contributed by atoms with Crippen LogP contribution in [0.25, 0.3) is 11.3 Å². The van der Waals surface area contributed by atoms with Crippen LogP contribution in [0.2, 0.25) is 0 Å². The van der Waals surface area contributed by atoms with Crippen LogP contribution in [0.5, 0.6) is 5.75 Å². The molecule has 1 atom stereocenters. The first-order chi connectivity index (χ1) is 16.1. The number of nitrogens with one attached hydrogen (secondary N) is 2. The van der Waals surface area contributed by atoms with Crippen LogP contribution < -0.4 is 10.1 Å². The zero-order valence-corrected chi connectivity index (χ0v) is 18.8. The summed E-state index contributed by atoms with van der Waals surface area (Å²) in [5.74, 6) is 0.730. The Kier molecular flexibility index (Phi) is 5.58. The fourth-order valence-corrected chi connectivity index (χ4v) is 5.12. The minimum atomic E-state index is -1.20. The second-order valence-corrected chi connectivity index (χ2v) is 8.72. The number of aromatic nitrogens is 1. The number of benzene rings is 2. The van der Waals surface area contributed by atoms with Crippen molar-refractivity contribution in [3.05, 3.63) is 84.1 Å². The van der Waals surface area contributed by atoms with Gasteiger partial charge in [0, 0.05) is 17.8 Å². The van der Waals surface area contributed by atoms with Crippen molar-refractivity contribution in [3.63, 3.8) is 0 Å². The predicted molar refractivity (Wildman–Crippen MR) is 128 cm³/mol. The van der Waals surface area contributed by atoms with Crippen molar-refractivity contribution >= 4 is 11.9 Å². The molecular formula is C27H28N4O2. The summed E-state index contributed by atoms with van der Waals surface area (Å²) in [7, 11) is 1.62. The van der Waals surface area contributed by atoms with E-state index in [4.69, 9.17) is 10.1 Å². The molecule has 2 aromatic carbocycles. The molecule has 1 aliphatic carbocycles. The van der Waals surface area contributed by atoms with Gasteiger partial charge in [0.05, 0.1) is 12.8 Å². The van der Waals surface area contributed by atoms with Gasteiger partial charge in [-0.25, -0.2) is 0 Å². The van der Waals surface area contributed by atoms with E-state index in [0.717, 1.165) is 48.1 Å². The number of guanidine groups is 1. The van der Waals surface area contributed by atoms with Gasteiger partial charge in [0.2, 0.25) is 0 Å². The van der Waals surface area contributed by atoms with Crippen LogP contribution in [-0.4, -0.2) is 34.9 Å². The Morgan fingerprint density at radius 3 is 2.48 bits per heavy atom. The molecule has 6 heteroatoms. The van der Waals surface area contributed by atoms with E-state index in [9.17, 15) is 4.79 Å². The molecule has 168 valence electrons. The third-order valence-corrected chi connectivity index (χ3v) is 6.79. The molecule has 2 heterocycles. The number of nitrogens with zero attached hydrogens (tertiary/aromatic N) is 2. The fourth-order valence-electron chi connectivity index (χ4n) is 5.12. The number of carbonyl (C=O) groups excluding carboxylic acids is 1. The second-order valence-electron chi connectivity index (χ2n) is 8.72. The van der Waals surface area contributed by atoms with E-state index in [0.29, 0.717) is 5.75 Å². The lowest BCUT2D eigenvalue weighted by Gasteiger charge is -2.32. The lowest BCUT2D eigenvalue weighted by molar-refractivity contribution is -0.131. The summed E-state index contributed by atoms with van der Waals surface area (Å²) in [6.07, 6.45) is 6.98. The third kappa shape index (κ3) is 3.65. The van der Waals surface area contributed by atoms with E-state index in [2.05, 4.69) is 10.3 Å². The van der Waals surface area contributed by atoms with Gasteiger partial charge in [-0.15, -0.1) is 0 Å². The molecule has 2 aliphatic rings. The zero-order chi connectivity index (χ0) is 22.8. The van der Waals surface area contributed by atoms with Crippen molar-refractivity contribution in [2.24, 2.45) is 0 Å². The van der Waals surface area contributed by atoms with Crippen molar-refractivity contribution in [2.75, 3.05) is 7.11 Å². The van der Waals surface area contributed by atoms with Gasteiger partial charge in [0.1, 0.15) is 5.75 Å². The normalized spacial score (nSPS) is 21.2. The van der Waals surface area contributed by atoms with Crippen molar-refractivity contribution in [2.45, 2.75) is 43.7 Å². The van der Waals surface area contributed by atoms with Gasteiger partial charge in [-0.2, -0.15) is 0 Å². The van der Waals surface area contributed by atoms with Gasteiger partial charge >= 0.3 is 0 Å². The first-order valence-electron chi connectivity index (χ1n) is 11.5. The summed E-state index contributed by atoms with van der Waals surface area (Å²) >= 11 is 0. The Bertz CT molecular complexity index is 1170. The first kappa shape index (κ1) is 21.2. The van der Waals surface area contributed by atoms with E-state index >= 15 is 0 Å². The Labute approximate surface area is 194 Å². The lowest BCUT2D eigenvalue weighted by atomic mass is 9.81. The average Bonchev–Trinajstić information content (AvgIpc) is 3.16. The molecule has 0 bridgehead atoms. The largest absolute Gasteiger partial charge is 0.497 e. The fraction of sp³-hybridized carbons (Fsp3) is 0.296. The number of methoxy groups -OCH3 is 1. The molecule has 3 aromatic rings. The molecule has 1 unspecified atom stereocenters. The predicted octanol–water partition coefficient (Wildman–Crippen LogP) is 4.70. The van der Waals surface area contributed by atoms with Crippen molar-refractivity contribution < 1.29 is 9.53 Å². The maximum atomic E-state index is 14.3. The smallest absolute Gasteiger partial charge is 0.264 e. The Morgan fingerprint density at radius 1 is 1.00 bits per heavy atom. The first-order valence-corrected chi connectivity index (χ1v) is 11.5. The van der Waals surface area contributed by atoms with E-state index in [1.807, 2.05) is 66.7 Å². The van der Waals surface area contributed by atoms with Crippen LogP contribution in [0.1, 0.15) is 43.2 Å². The van der Waals surface area contributed by atoms with E-state index in [1.54, 1.807) is 18.2 Å². The van der Waals surface area contributed by atoms with Crippen molar-refractivity contribution in [1.29, 1.82) is 5.41 Å². The highest BCUT2D eigenvalue weighted by molar-refractivity contribution is 6.10. The summed E-state index contributed by atoms with van der Waals surface area (Å²) in [4.78, 5) is 20.4. The standard InChI is InChI=1S/C27H28N4O2/c1-33-23-14-8-11-21(18-23)27(20-10-7-9-19(17-20)24-15-5-6-16-29-24)25(32)31(26(28)30-27)22-12-3-2-4-13-22/h5-11,14-18,22H,2-4,12-13H2,1H3,(H2,28,30). The molecule has 1 saturated carbocycles. The summed E-state index contributed by atoms with van der Waals surface area (Å²) in [5, 5.41) is 12.1. The van der Waals surface area contributed by atoms with Crippen LogP contribution in [0, 0.1) is 5.41 Å². The van der Waals surface area contributed by atoms with Gasteiger partial charge in [0.25, 0.3) is 5.91 Å². The minimum Gasteiger partial charge on any atom is -0.497 e. The van der Waals surface area contributed by atoms with Crippen molar-refractivity contribution in [3.8, 4) is 17.0 Å². The molecule has 1 saturated heterocycles. The van der Waals surface area contributed by atoms with Crippen LogP contribution in [0.15, 0.2) is 72.9 Å². The molecular weight excluding hydrogens is 412 g/mol. The van der Waals surface area contributed by atoms with Crippen LogP contribution in [0.4, 0.5) is 0 Å². The summed E-state index contributed by atoms with van der Waals surface area (Å²) in [5.41, 5.74) is 2.10. The molecule has 1 aliphatic heterocycles. The van der Waals surface area contributed by atoms with Gasteiger partial charge < -0.3 is 10.1 Å². The molecule has 1 amide bonds. The molecule has 0 radical (unpaired) electrons. The number of rotatable bonds is 5. The molecule has 6 nitrogen and oxygen atoms in total. The number of hydrogen-bond acceptors (Lipinski definition) is 4. The average molecular weight is 441 g/mol. The summed E-state index contributed by atoms with van der Waals surface area (Å²) in [6, 6.07) is 21.3. The Hall–Kier alpha value is -3.67. The molecule has 0 spiro atoms. The molecule has 1 aromatic heterocycles. The van der Waals surface area contributed by atoms with E-state index in [1.165, 1.54) is 6.42 Å². The Morgan fingerprint density at radius 2 is 1.76 bits per heavy atom. The van der Waals surface area contributed by atoms with E-state index in [-0.39, 0.29) is 17.9 Å². The van der Waals surface area contributed by atoms with Gasteiger partial charge in [-0.1, -0.05) is 55.7 Å².